The van der Waals surface area contributed by atoms with E-state index < -0.39 is 0 Å². The Labute approximate surface area is 147 Å². The molecular weight excluding hydrogens is 318 g/mol. The molecule has 1 fully saturated rings. The topological polar surface area (TPSA) is 67.5 Å². The molecule has 134 valence electrons. The van der Waals surface area contributed by atoms with E-state index in [4.69, 9.17) is 9.47 Å². The van der Waals surface area contributed by atoms with E-state index in [1.165, 1.54) is 18.9 Å². The minimum absolute atomic E-state index is 0.119. The van der Waals surface area contributed by atoms with Crippen molar-refractivity contribution >= 4 is 0 Å². The number of likely N-dealkylation sites (tertiary alicyclic amines) is 1. The molecule has 1 aliphatic heterocycles. The molecule has 0 radical (unpaired) electrons. The van der Waals surface area contributed by atoms with Crippen LogP contribution in [0.5, 0.6) is 11.5 Å². The molecule has 1 aromatic heterocycles. The summed E-state index contributed by atoms with van der Waals surface area (Å²) in [5, 5.41) is 0. The van der Waals surface area contributed by atoms with Crippen LogP contribution in [-0.2, 0) is 6.54 Å². The minimum atomic E-state index is -0.230. The fourth-order valence-electron chi connectivity index (χ4n) is 3.26. The summed E-state index contributed by atoms with van der Waals surface area (Å²) in [6.07, 6.45) is 3.73. The third-order valence-electron chi connectivity index (χ3n) is 4.34. The summed E-state index contributed by atoms with van der Waals surface area (Å²) in [5.74, 6) is 1.84. The lowest BCUT2D eigenvalue weighted by Crippen LogP contribution is -2.26. The van der Waals surface area contributed by atoms with Gasteiger partial charge in [-0.1, -0.05) is 12.1 Å². The first kappa shape index (κ1) is 17.5. The summed E-state index contributed by atoms with van der Waals surface area (Å²) in [7, 11) is 1.47. The molecule has 1 saturated heterocycles. The first-order valence-electron chi connectivity index (χ1n) is 8.69. The molecule has 1 aliphatic rings. The highest BCUT2D eigenvalue weighted by atomic mass is 16.5. The zero-order valence-corrected chi connectivity index (χ0v) is 15.0. The molecule has 0 saturated carbocycles. The van der Waals surface area contributed by atoms with Crippen molar-refractivity contribution in [3.8, 4) is 11.5 Å². The van der Waals surface area contributed by atoms with Gasteiger partial charge in [-0.05, 0) is 50.9 Å². The number of aromatic amines is 1. The Morgan fingerprint density at radius 2 is 2.24 bits per heavy atom. The molecule has 0 aliphatic carbocycles. The summed E-state index contributed by atoms with van der Waals surface area (Å²) in [5.41, 5.74) is 0.965. The molecule has 2 aromatic rings. The van der Waals surface area contributed by atoms with Gasteiger partial charge in [-0.3, -0.25) is 9.69 Å². The van der Waals surface area contributed by atoms with Crippen LogP contribution in [0.1, 0.15) is 44.1 Å². The zero-order chi connectivity index (χ0) is 17.8. The molecule has 3 rings (SSSR count). The predicted molar refractivity (Wildman–Crippen MR) is 96.0 cm³/mol. The number of ether oxygens (including phenoxy) is 2. The third kappa shape index (κ3) is 4.20. The van der Waals surface area contributed by atoms with Gasteiger partial charge in [0.15, 0.2) is 0 Å². The monoisotopic (exact) mass is 343 g/mol. The second-order valence-corrected chi connectivity index (χ2v) is 6.61. The molecule has 6 nitrogen and oxygen atoms in total. The maximum atomic E-state index is 12.0. The van der Waals surface area contributed by atoms with Gasteiger partial charge in [0.25, 0.3) is 5.56 Å². The molecule has 1 unspecified atom stereocenters. The Kier molecular flexibility index (Phi) is 5.38. The number of nitrogens with one attached hydrogen (secondary N) is 1. The number of rotatable bonds is 6. The van der Waals surface area contributed by atoms with Crippen molar-refractivity contribution in [1.29, 1.82) is 0 Å². The van der Waals surface area contributed by atoms with Crippen molar-refractivity contribution in [3.05, 3.63) is 52.2 Å². The summed E-state index contributed by atoms with van der Waals surface area (Å²) in [6.45, 7) is 5.83. The van der Waals surface area contributed by atoms with Gasteiger partial charge in [0.05, 0.1) is 25.5 Å². The maximum absolute atomic E-state index is 12.0. The molecule has 0 spiro atoms. The number of hydrogen-bond acceptors (Lipinski definition) is 5. The molecular formula is C19H25N3O3. The normalized spacial score (nSPS) is 17.8. The maximum Gasteiger partial charge on any atom is 0.293 e. The zero-order valence-electron chi connectivity index (χ0n) is 15.0. The molecule has 1 N–H and O–H groups in total. The van der Waals surface area contributed by atoms with Gasteiger partial charge in [-0.15, -0.1) is 0 Å². The number of aromatic nitrogens is 2. The fourth-order valence-corrected chi connectivity index (χ4v) is 3.26. The molecule has 1 atom stereocenters. The van der Waals surface area contributed by atoms with E-state index in [0.29, 0.717) is 5.82 Å². The van der Waals surface area contributed by atoms with Crippen LogP contribution in [0.2, 0.25) is 0 Å². The van der Waals surface area contributed by atoms with E-state index in [9.17, 15) is 4.79 Å². The van der Waals surface area contributed by atoms with Crippen molar-refractivity contribution in [2.45, 2.75) is 45.4 Å². The lowest BCUT2D eigenvalue weighted by Gasteiger charge is -2.24. The van der Waals surface area contributed by atoms with E-state index >= 15 is 0 Å². The van der Waals surface area contributed by atoms with Gasteiger partial charge in [0.2, 0.25) is 5.75 Å². The van der Waals surface area contributed by atoms with Crippen LogP contribution in [0.4, 0.5) is 0 Å². The van der Waals surface area contributed by atoms with Crippen LogP contribution in [-0.4, -0.2) is 34.6 Å². The SMILES string of the molecule is COc1cnc(C2CCCN2Cc2cccc(OC(C)C)c2)[nH]c1=O. The quantitative estimate of drug-likeness (QED) is 0.873. The minimum Gasteiger partial charge on any atom is -0.491 e. The third-order valence-corrected chi connectivity index (χ3v) is 4.34. The van der Waals surface area contributed by atoms with Crippen LogP contribution >= 0.6 is 0 Å². The highest BCUT2D eigenvalue weighted by molar-refractivity contribution is 5.29. The largest absolute Gasteiger partial charge is 0.491 e. The summed E-state index contributed by atoms with van der Waals surface area (Å²) in [4.78, 5) is 21.6. The molecule has 25 heavy (non-hydrogen) atoms. The summed E-state index contributed by atoms with van der Waals surface area (Å²) >= 11 is 0. The lowest BCUT2D eigenvalue weighted by atomic mass is 10.1. The molecule has 2 heterocycles. The smallest absolute Gasteiger partial charge is 0.293 e. The number of methoxy groups -OCH3 is 1. The Hall–Kier alpha value is -2.34. The number of H-pyrrole nitrogens is 1. The van der Waals surface area contributed by atoms with E-state index in [2.05, 4.69) is 27.0 Å². The second kappa shape index (κ2) is 7.70. The van der Waals surface area contributed by atoms with Crippen molar-refractivity contribution < 1.29 is 9.47 Å². The average molecular weight is 343 g/mol. The molecule has 0 amide bonds. The highest BCUT2D eigenvalue weighted by Gasteiger charge is 2.28. The van der Waals surface area contributed by atoms with E-state index in [-0.39, 0.29) is 23.5 Å². The van der Waals surface area contributed by atoms with Crippen molar-refractivity contribution in [2.24, 2.45) is 0 Å². The van der Waals surface area contributed by atoms with Gasteiger partial charge in [-0.25, -0.2) is 4.98 Å². The Balaban J connectivity index is 1.76. The van der Waals surface area contributed by atoms with E-state index in [1.807, 2.05) is 26.0 Å². The Morgan fingerprint density at radius 1 is 1.40 bits per heavy atom. The number of hydrogen-bond donors (Lipinski definition) is 1. The second-order valence-electron chi connectivity index (χ2n) is 6.61. The first-order valence-corrected chi connectivity index (χ1v) is 8.69. The lowest BCUT2D eigenvalue weighted by molar-refractivity contribution is 0.233. The summed E-state index contributed by atoms with van der Waals surface area (Å²) in [6, 6.07) is 8.30. The van der Waals surface area contributed by atoms with Crippen molar-refractivity contribution in [2.75, 3.05) is 13.7 Å². The van der Waals surface area contributed by atoms with E-state index in [1.54, 1.807) is 0 Å². The first-order chi connectivity index (χ1) is 12.1. The molecule has 0 bridgehead atoms. The predicted octanol–water partition coefficient (Wildman–Crippen LogP) is 2.90. The molecule has 1 aromatic carbocycles. The average Bonchev–Trinajstić information content (AvgIpc) is 3.02. The van der Waals surface area contributed by atoms with Crippen LogP contribution < -0.4 is 15.0 Å². The van der Waals surface area contributed by atoms with Crippen molar-refractivity contribution in [3.63, 3.8) is 0 Å². The Bertz CT molecular complexity index is 773. The van der Waals surface area contributed by atoms with E-state index in [0.717, 1.165) is 31.7 Å². The standard InChI is InChI=1S/C19H25N3O3/c1-13(2)25-15-7-4-6-14(10-15)12-22-9-5-8-16(22)18-20-11-17(24-3)19(23)21-18/h4,6-7,10-11,13,16H,5,8-9,12H2,1-3H3,(H,20,21,23). The summed E-state index contributed by atoms with van der Waals surface area (Å²) < 4.78 is 10.8. The van der Waals surface area contributed by atoms with Crippen LogP contribution in [0, 0.1) is 0 Å². The van der Waals surface area contributed by atoms with Crippen LogP contribution in [0.25, 0.3) is 0 Å². The van der Waals surface area contributed by atoms with Gasteiger partial charge in [0, 0.05) is 6.54 Å². The van der Waals surface area contributed by atoms with Crippen LogP contribution in [0.3, 0.4) is 0 Å². The van der Waals surface area contributed by atoms with Gasteiger partial charge in [-0.2, -0.15) is 0 Å². The molecule has 6 heteroatoms. The fraction of sp³-hybridized carbons (Fsp3) is 0.474. The van der Waals surface area contributed by atoms with Gasteiger partial charge < -0.3 is 14.5 Å². The van der Waals surface area contributed by atoms with Gasteiger partial charge in [0.1, 0.15) is 11.6 Å². The van der Waals surface area contributed by atoms with Crippen LogP contribution in [0.15, 0.2) is 35.3 Å². The Morgan fingerprint density at radius 3 is 2.96 bits per heavy atom. The number of nitrogens with zero attached hydrogens (tertiary/aromatic N) is 2. The highest BCUT2D eigenvalue weighted by Crippen LogP contribution is 2.31. The number of benzene rings is 1. The van der Waals surface area contributed by atoms with Crippen molar-refractivity contribution in [1.82, 2.24) is 14.9 Å². The van der Waals surface area contributed by atoms with Gasteiger partial charge >= 0.3 is 0 Å².